The Hall–Kier alpha value is -0.160. The van der Waals surface area contributed by atoms with Crippen molar-refractivity contribution in [2.75, 3.05) is 40.1 Å². The first-order valence-electron chi connectivity index (χ1n) is 5.65. The van der Waals surface area contributed by atoms with Crippen molar-refractivity contribution >= 4 is 0 Å². The number of aliphatic hydroxyl groups is 1. The van der Waals surface area contributed by atoms with Gasteiger partial charge in [-0.3, -0.25) is 0 Å². The van der Waals surface area contributed by atoms with Crippen molar-refractivity contribution in [3.05, 3.63) is 0 Å². The summed E-state index contributed by atoms with van der Waals surface area (Å²) >= 11 is 0. The van der Waals surface area contributed by atoms with E-state index in [2.05, 4.69) is 12.2 Å². The second kappa shape index (κ2) is 6.43. The van der Waals surface area contributed by atoms with Crippen molar-refractivity contribution in [2.24, 2.45) is 5.92 Å². The first-order valence-corrected chi connectivity index (χ1v) is 5.65. The van der Waals surface area contributed by atoms with Gasteiger partial charge in [0.25, 0.3) is 0 Å². The molecule has 0 amide bonds. The standard InChI is InChI=1S/C11H23NO3/c1-10(8-14-2)7-12-11(9-13)3-5-15-6-4-11/h10,12-13H,3-9H2,1-2H3. The molecule has 4 nitrogen and oxygen atoms in total. The van der Waals surface area contributed by atoms with E-state index in [4.69, 9.17) is 9.47 Å². The fourth-order valence-electron chi connectivity index (χ4n) is 1.89. The minimum atomic E-state index is -0.125. The smallest absolute Gasteiger partial charge is 0.0615 e. The van der Waals surface area contributed by atoms with E-state index in [9.17, 15) is 5.11 Å². The fraction of sp³-hybridized carbons (Fsp3) is 1.00. The molecular weight excluding hydrogens is 194 g/mol. The number of methoxy groups -OCH3 is 1. The van der Waals surface area contributed by atoms with E-state index in [1.807, 2.05) is 0 Å². The molecule has 0 bridgehead atoms. The van der Waals surface area contributed by atoms with Gasteiger partial charge in [0.15, 0.2) is 0 Å². The SMILES string of the molecule is COCC(C)CNC1(CO)CCOCC1. The Bertz CT molecular complexity index is 169. The number of aliphatic hydroxyl groups excluding tert-OH is 1. The van der Waals surface area contributed by atoms with Crippen LogP contribution in [0.3, 0.4) is 0 Å². The van der Waals surface area contributed by atoms with Crippen molar-refractivity contribution in [1.29, 1.82) is 0 Å². The number of ether oxygens (including phenoxy) is 2. The molecule has 0 aromatic heterocycles. The summed E-state index contributed by atoms with van der Waals surface area (Å²) in [5.41, 5.74) is -0.125. The van der Waals surface area contributed by atoms with Gasteiger partial charge in [-0.05, 0) is 18.8 Å². The highest BCUT2D eigenvalue weighted by Crippen LogP contribution is 2.20. The maximum absolute atomic E-state index is 9.44. The third kappa shape index (κ3) is 4.07. The summed E-state index contributed by atoms with van der Waals surface area (Å²) in [4.78, 5) is 0. The maximum Gasteiger partial charge on any atom is 0.0615 e. The van der Waals surface area contributed by atoms with Crippen LogP contribution in [0, 0.1) is 5.92 Å². The number of hydrogen-bond acceptors (Lipinski definition) is 4. The van der Waals surface area contributed by atoms with E-state index >= 15 is 0 Å². The maximum atomic E-state index is 9.44. The molecule has 0 aromatic carbocycles. The Morgan fingerprint density at radius 1 is 1.47 bits per heavy atom. The molecule has 1 aliphatic rings. The Balaban J connectivity index is 2.32. The zero-order valence-corrected chi connectivity index (χ0v) is 9.79. The lowest BCUT2D eigenvalue weighted by Crippen LogP contribution is -2.53. The Morgan fingerprint density at radius 3 is 2.67 bits per heavy atom. The lowest BCUT2D eigenvalue weighted by atomic mass is 9.90. The zero-order valence-electron chi connectivity index (χ0n) is 9.79. The van der Waals surface area contributed by atoms with E-state index in [1.165, 1.54) is 0 Å². The molecule has 1 unspecified atom stereocenters. The van der Waals surface area contributed by atoms with Gasteiger partial charge in [0, 0.05) is 39.0 Å². The zero-order chi connectivity index (χ0) is 11.1. The molecule has 4 heteroatoms. The molecular formula is C11H23NO3. The molecule has 0 radical (unpaired) electrons. The van der Waals surface area contributed by atoms with Crippen LogP contribution >= 0.6 is 0 Å². The van der Waals surface area contributed by atoms with Crippen LogP contribution in [0.25, 0.3) is 0 Å². The molecule has 1 rings (SSSR count). The molecule has 15 heavy (non-hydrogen) atoms. The van der Waals surface area contributed by atoms with Gasteiger partial charge in [0.2, 0.25) is 0 Å². The van der Waals surface area contributed by atoms with E-state index in [0.29, 0.717) is 5.92 Å². The van der Waals surface area contributed by atoms with Gasteiger partial charge < -0.3 is 19.9 Å². The van der Waals surface area contributed by atoms with E-state index in [-0.39, 0.29) is 12.1 Å². The van der Waals surface area contributed by atoms with Crippen molar-refractivity contribution in [1.82, 2.24) is 5.32 Å². The average Bonchev–Trinajstić information content (AvgIpc) is 2.28. The Kier molecular flexibility index (Phi) is 5.53. The van der Waals surface area contributed by atoms with Crippen molar-refractivity contribution in [3.8, 4) is 0 Å². The summed E-state index contributed by atoms with van der Waals surface area (Å²) in [7, 11) is 1.72. The highest BCUT2D eigenvalue weighted by atomic mass is 16.5. The predicted molar refractivity (Wildman–Crippen MR) is 58.9 cm³/mol. The first kappa shape index (κ1) is 12.9. The van der Waals surface area contributed by atoms with Gasteiger partial charge in [-0.2, -0.15) is 0 Å². The quantitative estimate of drug-likeness (QED) is 0.676. The normalized spacial score (nSPS) is 22.6. The number of nitrogens with one attached hydrogen (secondary N) is 1. The van der Waals surface area contributed by atoms with Crippen LogP contribution in [0.15, 0.2) is 0 Å². The summed E-state index contributed by atoms with van der Waals surface area (Å²) in [6.45, 7) is 5.45. The third-order valence-electron chi connectivity index (χ3n) is 3.03. The van der Waals surface area contributed by atoms with Gasteiger partial charge in [-0.25, -0.2) is 0 Å². The van der Waals surface area contributed by atoms with Crippen LogP contribution in [0.1, 0.15) is 19.8 Å². The van der Waals surface area contributed by atoms with Crippen LogP contribution in [0.5, 0.6) is 0 Å². The van der Waals surface area contributed by atoms with Crippen LogP contribution < -0.4 is 5.32 Å². The topological polar surface area (TPSA) is 50.7 Å². The Labute approximate surface area is 92.0 Å². The molecule has 1 aliphatic heterocycles. The van der Waals surface area contributed by atoms with Crippen molar-refractivity contribution in [2.45, 2.75) is 25.3 Å². The minimum absolute atomic E-state index is 0.125. The highest BCUT2D eigenvalue weighted by Gasteiger charge is 2.31. The second-order valence-corrected chi connectivity index (χ2v) is 4.49. The van der Waals surface area contributed by atoms with Gasteiger partial charge in [-0.15, -0.1) is 0 Å². The van der Waals surface area contributed by atoms with Crippen LogP contribution in [0.4, 0.5) is 0 Å². The van der Waals surface area contributed by atoms with Crippen molar-refractivity contribution in [3.63, 3.8) is 0 Å². The molecule has 2 N–H and O–H groups in total. The van der Waals surface area contributed by atoms with Crippen LogP contribution in [0.2, 0.25) is 0 Å². The summed E-state index contributed by atoms with van der Waals surface area (Å²) in [6.07, 6.45) is 1.78. The lowest BCUT2D eigenvalue weighted by molar-refractivity contribution is 0.00898. The van der Waals surface area contributed by atoms with E-state index < -0.39 is 0 Å². The molecule has 0 aliphatic carbocycles. The van der Waals surface area contributed by atoms with Gasteiger partial charge in [0.05, 0.1) is 6.61 Å². The summed E-state index contributed by atoms with van der Waals surface area (Å²) in [5.74, 6) is 0.473. The summed E-state index contributed by atoms with van der Waals surface area (Å²) in [6, 6.07) is 0. The first-order chi connectivity index (χ1) is 7.22. The monoisotopic (exact) mass is 217 g/mol. The van der Waals surface area contributed by atoms with Gasteiger partial charge >= 0.3 is 0 Å². The Morgan fingerprint density at radius 2 is 2.13 bits per heavy atom. The second-order valence-electron chi connectivity index (χ2n) is 4.49. The average molecular weight is 217 g/mol. The summed E-state index contributed by atoms with van der Waals surface area (Å²) in [5, 5.41) is 12.9. The lowest BCUT2D eigenvalue weighted by Gasteiger charge is -2.37. The third-order valence-corrected chi connectivity index (χ3v) is 3.03. The minimum Gasteiger partial charge on any atom is -0.394 e. The molecule has 0 saturated carbocycles. The van der Waals surface area contributed by atoms with E-state index in [1.54, 1.807) is 7.11 Å². The molecule has 1 atom stereocenters. The highest BCUT2D eigenvalue weighted by molar-refractivity contribution is 4.89. The van der Waals surface area contributed by atoms with Crippen molar-refractivity contribution < 1.29 is 14.6 Å². The van der Waals surface area contributed by atoms with E-state index in [0.717, 1.165) is 39.2 Å². The number of rotatable bonds is 6. The molecule has 90 valence electrons. The fourth-order valence-corrected chi connectivity index (χ4v) is 1.89. The molecule has 0 spiro atoms. The van der Waals surface area contributed by atoms with Gasteiger partial charge in [0.1, 0.15) is 0 Å². The largest absolute Gasteiger partial charge is 0.394 e. The predicted octanol–water partition coefficient (Wildman–Crippen LogP) is 0.400. The van der Waals surface area contributed by atoms with Crippen LogP contribution in [-0.4, -0.2) is 50.7 Å². The van der Waals surface area contributed by atoms with Crippen LogP contribution in [-0.2, 0) is 9.47 Å². The summed E-state index contributed by atoms with van der Waals surface area (Å²) < 4.78 is 10.4. The molecule has 1 fully saturated rings. The molecule has 1 heterocycles. The molecule has 1 saturated heterocycles. The van der Waals surface area contributed by atoms with Gasteiger partial charge in [-0.1, -0.05) is 6.92 Å². The molecule has 0 aromatic rings. The number of hydrogen-bond donors (Lipinski definition) is 2.